The number of aromatic nitrogens is 3. The molecule has 0 spiro atoms. The van der Waals surface area contributed by atoms with Crippen molar-refractivity contribution in [2.24, 2.45) is 0 Å². The van der Waals surface area contributed by atoms with Gasteiger partial charge in [0, 0.05) is 12.7 Å². The predicted octanol–water partition coefficient (Wildman–Crippen LogP) is 1.64. The smallest absolute Gasteiger partial charge is 0.181 e. The molecule has 0 radical (unpaired) electrons. The Balaban J connectivity index is 2.31. The zero-order chi connectivity index (χ0) is 13.0. The van der Waals surface area contributed by atoms with Crippen LogP contribution in [-0.4, -0.2) is 36.5 Å². The van der Waals surface area contributed by atoms with E-state index in [1.165, 1.54) is 0 Å². The molecule has 0 aliphatic carbocycles. The molecular weight excluding hydrogens is 234 g/mol. The van der Waals surface area contributed by atoms with E-state index in [1.54, 1.807) is 21.3 Å². The minimum atomic E-state index is 0.403. The van der Waals surface area contributed by atoms with Gasteiger partial charge in [-0.1, -0.05) is 0 Å². The van der Waals surface area contributed by atoms with Crippen LogP contribution in [0.25, 0.3) is 11.4 Å². The number of rotatable bonds is 5. The molecule has 1 heterocycles. The predicted molar refractivity (Wildman–Crippen MR) is 65.6 cm³/mol. The number of hydrogen-bond donors (Lipinski definition) is 1. The van der Waals surface area contributed by atoms with Gasteiger partial charge in [0.05, 0.1) is 14.2 Å². The third-order valence-electron chi connectivity index (χ3n) is 2.45. The molecule has 1 aromatic carbocycles. The average Bonchev–Trinajstić information content (AvgIpc) is 2.87. The summed E-state index contributed by atoms with van der Waals surface area (Å²) >= 11 is 0. The Kier molecular flexibility index (Phi) is 3.78. The third-order valence-corrected chi connectivity index (χ3v) is 2.45. The highest BCUT2D eigenvalue weighted by atomic mass is 16.5. The average molecular weight is 249 g/mol. The van der Waals surface area contributed by atoms with Gasteiger partial charge in [0.2, 0.25) is 0 Å². The van der Waals surface area contributed by atoms with E-state index in [9.17, 15) is 0 Å². The quantitative estimate of drug-likeness (QED) is 0.872. The first-order valence-corrected chi connectivity index (χ1v) is 5.41. The number of benzene rings is 1. The molecule has 0 atom stereocenters. The van der Waals surface area contributed by atoms with E-state index in [0.29, 0.717) is 29.8 Å². The maximum Gasteiger partial charge on any atom is 0.181 e. The van der Waals surface area contributed by atoms with Gasteiger partial charge in [-0.05, 0) is 18.2 Å². The van der Waals surface area contributed by atoms with Crippen LogP contribution in [0.4, 0.5) is 0 Å². The van der Waals surface area contributed by atoms with Crippen LogP contribution in [-0.2, 0) is 11.3 Å². The fraction of sp³-hybridized carbons (Fsp3) is 0.333. The Morgan fingerprint density at radius 2 is 1.89 bits per heavy atom. The van der Waals surface area contributed by atoms with Gasteiger partial charge in [0.15, 0.2) is 23.1 Å². The van der Waals surface area contributed by atoms with Gasteiger partial charge in [-0.2, -0.15) is 5.10 Å². The van der Waals surface area contributed by atoms with Crippen molar-refractivity contribution in [3.8, 4) is 22.9 Å². The van der Waals surface area contributed by atoms with E-state index in [1.807, 2.05) is 18.2 Å². The molecule has 0 fully saturated rings. The van der Waals surface area contributed by atoms with Gasteiger partial charge in [0.25, 0.3) is 0 Å². The minimum absolute atomic E-state index is 0.403. The van der Waals surface area contributed by atoms with Gasteiger partial charge < -0.3 is 14.2 Å². The molecule has 1 N–H and O–H groups in total. The molecule has 0 saturated carbocycles. The van der Waals surface area contributed by atoms with Crippen LogP contribution in [0.5, 0.6) is 11.5 Å². The highest BCUT2D eigenvalue weighted by Crippen LogP contribution is 2.30. The van der Waals surface area contributed by atoms with Crippen LogP contribution in [0, 0.1) is 0 Å². The SMILES string of the molecule is COCc1nc(-c2ccc(OC)c(OC)c2)n[nH]1. The van der Waals surface area contributed by atoms with Gasteiger partial charge in [-0.3, -0.25) is 5.10 Å². The molecule has 0 aliphatic heterocycles. The Labute approximate surface area is 105 Å². The summed E-state index contributed by atoms with van der Waals surface area (Å²) in [5, 5.41) is 6.94. The number of hydrogen-bond acceptors (Lipinski definition) is 5. The summed E-state index contributed by atoms with van der Waals surface area (Å²) in [4.78, 5) is 4.31. The monoisotopic (exact) mass is 249 g/mol. The number of aromatic amines is 1. The standard InChI is InChI=1S/C12H15N3O3/c1-16-7-11-13-12(15-14-11)8-4-5-9(17-2)10(6-8)18-3/h4-6H,7H2,1-3H3,(H,13,14,15). The fourth-order valence-electron chi connectivity index (χ4n) is 1.60. The van der Waals surface area contributed by atoms with Crippen molar-refractivity contribution in [2.75, 3.05) is 21.3 Å². The molecular formula is C12H15N3O3. The second-order valence-electron chi connectivity index (χ2n) is 3.61. The highest BCUT2D eigenvalue weighted by molar-refractivity contribution is 5.60. The molecule has 0 saturated heterocycles. The zero-order valence-corrected chi connectivity index (χ0v) is 10.6. The third kappa shape index (κ3) is 2.43. The van der Waals surface area contributed by atoms with Crippen LogP contribution in [0.2, 0.25) is 0 Å². The van der Waals surface area contributed by atoms with Crippen molar-refractivity contribution in [1.82, 2.24) is 15.2 Å². The number of ether oxygens (including phenoxy) is 3. The summed E-state index contributed by atoms with van der Waals surface area (Å²) in [5.74, 6) is 2.60. The van der Waals surface area contributed by atoms with Crippen molar-refractivity contribution in [3.63, 3.8) is 0 Å². The van der Waals surface area contributed by atoms with E-state index in [4.69, 9.17) is 14.2 Å². The van der Waals surface area contributed by atoms with Crippen LogP contribution in [0.15, 0.2) is 18.2 Å². The van der Waals surface area contributed by atoms with E-state index in [-0.39, 0.29) is 0 Å². The van der Waals surface area contributed by atoms with Gasteiger partial charge in [0.1, 0.15) is 6.61 Å². The summed E-state index contributed by atoms with van der Waals surface area (Å²) in [5.41, 5.74) is 0.853. The maximum absolute atomic E-state index is 5.24. The first kappa shape index (κ1) is 12.4. The first-order valence-electron chi connectivity index (χ1n) is 5.41. The molecule has 2 aromatic rings. The molecule has 18 heavy (non-hydrogen) atoms. The summed E-state index contributed by atoms with van der Waals surface area (Å²) in [7, 11) is 4.80. The summed E-state index contributed by atoms with van der Waals surface area (Å²) in [6.07, 6.45) is 0. The Morgan fingerprint density at radius 3 is 2.56 bits per heavy atom. The van der Waals surface area contributed by atoms with Crippen molar-refractivity contribution in [3.05, 3.63) is 24.0 Å². The number of nitrogens with one attached hydrogen (secondary N) is 1. The molecule has 2 rings (SSSR count). The van der Waals surface area contributed by atoms with Gasteiger partial charge in [-0.25, -0.2) is 4.98 Å². The molecule has 1 aromatic heterocycles. The van der Waals surface area contributed by atoms with Crippen molar-refractivity contribution in [1.29, 1.82) is 0 Å². The van der Waals surface area contributed by atoms with E-state index in [0.717, 1.165) is 5.56 Å². The van der Waals surface area contributed by atoms with Crippen LogP contribution < -0.4 is 9.47 Å². The highest BCUT2D eigenvalue weighted by Gasteiger charge is 2.10. The lowest BCUT2D eigenvalue weighted by Crippen LogP contribution is -1.92. The lowest BCUT2D eigenvalue weighted by atomic mass is 10.2. The van der Waals surface area contributed by atoms with Crippen molar-refractivity contribution >= 4 is 0 Å². The Bertz CT molecular complexity index is 525. The summed E-state index contributed by atoms with van der Waals surface area (Å²) in [6, 6.07) is 5.53. The summed E-state index contributed by atoms with van der Waals surface area (Å²) in [6.45, 7) is 0.403. The number of nitrogens with zero attached hydrogens (tertiary/aromatic N) is 2. The lowest BCUT2D eigenvalue weighted by Gasteiger charge is -2.07. The van der Waals surface area contributed by atoms with Gasteiger partial charge in [-0.15, -0.1) is 0 Å². The molecule has 96 valence electrons. The van der Waals surface area contributed by atoms with Crippen LogP contribution >= 0.6 is 0 Å². The molecule has 6 nitrogen and oxygen atoms in total. The van der Waals surface area contributed by atoms with Crippen molar-refractivity contribution in [2.45, 2.75) is 6.61 Å². The molecule has 0 unspecified atom stereocenters. The fourth-order valence-corrected chi connectivity index (χ4v) is 1.60. The molecule has 6 heteroatoms. The van der Waals surface area contributed by atoms with E-state index >= 15 is 0 Å². The van der Waals surface area contributed by atoms with Gasteiger partial charge >= 0.3 is 0 Å². The van der Waals surface area contributed by atoms with E-state index < -0.39 is 0 Å². The largest absolute Gasteiger partial charge is 0.493 e. The number of H-pyrrole nitrogens is 1. The van der Waals surface area contributed by atoms with Crippen molar-refractivity contribution < 1.29 is 14.2 Å². The minimum Gasteiger partial charge on any atom is -0.493 e. The Morgan fingerprint density at radius 1 is 1.11 bits per heavy atom. The number of methoxy groups -OCH3 is 3. The topological polar surface area (TPSA) is 69.3 Å². The first-order chi connectivity index (χ1) is 8.78. The van der Waals surface area contributed by atoms with E-state index in [2.05, 4.69) is 15.2 Å². The zero-order valence-electron chi connectivity index (χ0n) is 10.6. The molecule has 0 amide bonds. The second kappa shape index (κ2) is 5.50. The Hall–Kier alpha value is -2.08. The van der Waals surface area contributed by atoms with Crippen LogP contribution in [0.1, 0.15) is 5.82 Å². The maximum atomic E-state index is 5.24. The lowest BCUT2D eigenvalue weighted by molar-refractivity contribution is 0.178. The summed E-state index contributed by atoms with van der Waals surface area (Å²) < 4.78 is 15.4. The molecule has 0 bridgehead atoms. The van der Waals surface area contributed by atoms with Crippen LogP contribution in [0.3, 0.4) is 0 Å². The molecule has 0 aliphatic rings. The second-order valence-corrected chi connectivity index (χ2v) is 3.61. The normalized spacial score (nSPS) is 10.4.